The smallest absolute Gasteiger partial charge is 0.259 e. The van der Waals surface area contributed by atoms with Crippen LogP contribution in [-0.4, -0.2) is 21.5 Å². The fourth-order valence-corrected chi connectivity index (χ4v) is 1.90. The van der Waals surface area contributed by atoms with Gasteiger partial charge in [0, 0.05) is 6.92 Å². The number of aromatic nitrogens is 2. The Morgan fingerprint density at radius 3 is 2.33 bits per heavy atom. The molecule has 1 N–H and O–H groups in total. The van der Waals surface area contributed by atoms with Gasteiger partial charge < -0.3 is 5.32 Å². The number of Topliss-reactive ketones (excluding diaryl/α,β-unsaturated/α-hetero) is 1. The standard InChI is InChI=1S/C15H14N4O2/c1-9-5-7-12(8-6-9)19-15(17-11(3)21)14(16-4)13(18-19)10(2)20/h5-8H,1-3H3,(H,17,21). The van der Waals surface area contributed by atoms with E-state index in [2.05, 4.69) is 15.3 Å². The predicted octanol–water partition coefficient (Wildman–Crippen LogP) is 2.89. The second kappa shape index (κ2) is 5.59. The third kappa shape index (κ3) is 2.82. The normalized spacial score (nSPS) is 10.0. The van der Waals surface area contributed by atoms with E-state index in [9.17, 15) is 9.59 Å². The number of hydrogen-bond donors (Lipinski definition) is 1. The van der Waals surface area contributed by atoms with Gasteiger partial charge in [-0.1, -0.05) is 17.7 Å². The SMILES string of the molecule is [C-]#[N+]c1c(C(C)=O)nn(-c2ccc(C)cc2)c1NC(C)=O. The first-order valence-electron chi connectivity index (χ1n) is 6.30. The van der Waals surface area contributed by atoms with Gasteiger partial charge in [-0.3, -0.25) is 9.59 Å². The number of amides is 1. The van der Waals surface area contributed by atoms with E-state index in [4.69, 9.17) is 6.57 Å². The molecule has 6 nitrogen and oxygen atoms in total. The summed E-state index contributed by atoms with van der Waals surface area (Å²) in [6, 6.07) is 7.40. The minimum absolute atomic E-state index is 0.0503. The van der Waals surface area contributed by atoms with Crippen LogP contribution in [0.3, 0.4) is 0 Å². The molecule has 1 aromatic heterocycles. The molecular formula is C15H14N4O2. The molecule has 1 amide bonds. The van der Waals surface area contributed by atoms with E-state index in [-0.39, 0.29) is 28.9 Å². The average Bonchev–Trinajstić information content (AvgIpc) is 2.77. The molecule has 0 unspecified atom stereocenters. The third-order valence-corrected chi connectivity index (χ3v) is 2.88. The van der Waals surface area contributed by atoms with Crippen LogP contribution in [0, 0.1) is 13.5 Å². The number of benzene rings is 1. The molecule has 0 bridgehead atoms. The molecule has 0 atom stereocenters. The Hall–Kier alpha value is -2.94. The van der Waals surface area contributed by atoms with E-state index < -0.39 is 0 Å². The number of anilines is 1. The van der Waals surface area contributed by atoms with E-state index in [1.165, 1.54) is 18.5 Å². The fraction of sp³-hybridized carbons (Fsp3) is 0.200. The van der Waals surface area contributed by atoms with E-state index in [0.29, 0.717) is 5.69 Å². The Bertz CT molecular complexity index is 751. The van der Waals surface area contributed by atoms with Gasteiger partial charge >= 0.3 is 0 Å². The van der Waals surface area contributed by atoms with Gasteiger partial charge in [-0.15, -0.1) is 0 Å². The van der Waals surface area contributed by atoms with Crippen LogP contribution >= 0.6 is 0 Å². The molecule has 0 saturated carbocycles. The topological polar surface area (TPSA) is 68.3 Å². The van der Waals surface area contributed by atoms with Crippen molar-refractivity contribution in [3.8, 4) is 5.69 Å². The lowest BCUT2D eigenvalue weighted by Gasteiger charge is -2.08. The summed E-state index contributed by atoms with van der Waals surface area (Å²) in [6.07, 6.45) is 0. The first-order chi connectivity index (χ1) is 9.93. The first-order valence-corrected chi connectivity index (χ1v) is 6.30. The van der Waals surface area contributed by atoms with Crippen LogP contribution in [0.2, 0.25) is 0 Å². The number of rotatable bonds is 3. The summed E-state index contributed by atoms with van der Waals surface area (Å²) in [4.78, 5) is 26.3. The van der Waals surface area contributed by atoms with E-state index in [1.54, 1.807) is 0 Å². The van der Waals surface area contributed by atoms with Crippen LogP contribution < -0.4 is 5.32 Å². The lowest BCUT2D eigenvalue weighted by molar-refractivity contribution is -0.114. The fourth-order valence-electron chi connectivity index (χ4n) is 1.90. The van der Waals surface area contributed by atoms with Crippen molar-refractivity contribution < 1.29 is 9.59 Å². The second-order valence-electron chi connectivity index (χ2n) is 4.64. The summed E-state index contributed by atoms with van der Waals surface area (Å²) in [5.74, 6) is -0.437. The third-order valence-electron chi connectivity index (χ3n) is 2.88. The predicted molar refractivity (Wildman–Crippen MR) is 78.9 cm³/mol. The Morgan fingerprint density at radius 2 is 1.86 bits per heavy atom. The van der Waals surface area contributed by atoms with E-state index >= 15 is 0 Å². The summed E-state index contributed by atoms with van der Waals surface area (Å²) in [5, 5.41) is 6.75. The van der Waals surface area contributed by atoms with Gasteiger partial charge in [0.2, 0.25) is 5.91 Å². The number of nitrogens with zero attached hydrogens (tertiary/aromatic N) is 3. The first kappa shape index (κ1) is 14.5. The van der Waals surface area contributed by atoms with E-state index in [1.807, 2.05) is 31.2 Å². The van der Waals surface area contributed by atoms with E-state index in [0.717, 1.165) is 5.56 Å². The second-order valence-corrected chi connectivity index (χ2v) is 4.64. The highest BCUT2D eigenvalue weighted by Crippen LogP contribution is 2.32. The molecular weight excluding hydrogens is 268 g/mol. The molecule has 0 spiro atoms. The highest BCUT2D eigenvalue weighted by atomic mass is 16.1. The molecule has 106 valence electrons. The Labute approximate surface area is 122 Å². The molecule has 1 heterocycles. The van der Waals surface area contributed by atoms with Crippen molar-refractivity contribution >= 4 is 23.2 Å². The summed E-state index contributed by atoms with van der Waals surface area (Å²) in [6.45, 7) is 11.9. The summed E-state index contributed by atoms with van der Waals surface area (Å²) in [5.41, 5.74) is 1.85. The van der Waals surface area contributed by atoms with Crippen molar-refractivity contribution in [3.05, 3.63) is 46.9 Å². The summed E-state index contributed by atoms with van der Waals surface area (Å²) in [7, 11) is 0. The minimum atomic E-state index is -0.330. The number of carbonyl (C=O) groups excluding carboxylic acids is 2. The zero-order chi connectivity index (χ0) is 15.6. The molecule has 0 aliphatic heterocycles. The quantitative estimate of drug-likeness (QED) is 0.695. The molecule has 0 aliphatic rings. The Morgan fingerprint density at radius 1 is 1.24 bits per heavy atom. The van der Waals surface area contributed by atoms with Crippen LogP contribution in [0.15, 0.2) is 24.3 Å². The molecule has 1 aromatic carbocycles. The lowest BCUT2D eigenvalue weighted by Crippen LogP contribution is -2.11. The zero-order valence-corrected chi connectivity index (χ0v) is 12.0. The average molecular weight is 282 g/mol. The maximum Gasteiger partial charge on any atom is 0.259 e. The van der Waals surface area contributed by atoms with Crippen molar-refractivity contribution in [2.75, 3.05) is 5.32 Å². The van der Waals surface area contributed by atoms with Gasteiger partial charge in [-0.2, -0.15) is 5.10 Å². The Balaban J connectivity index is 2.69. The number of nitrogens with one attached hydrogen (secondary N) is 1. The van der Waals surface area contributed by atoms with Gasteiger partial charge in [-0.05, 0) is 26.0 Å². The molecule has 0 fully saturated rings. The maximum atomic E-state index is 11.6. The number of ketones is 1. The van der Waals surface area contributed by atoms with Gasteiger partial charge in [0.15, 0.2) is 5.78 Å². The minimum Gasteiger partial charge on any atom is -0.320 e. The van der Waals surface area contributed by atoms with Crippen molar-refractivity contribution in [2.45, 2.75) is 20.8 Å². The maximum absolute atomic E-state index is 11.6. The van der Waals surface area contributed by atoms with Gasteiger partial charge in [-0.25, -0.2) is 9.53 Å². The van der Waals surface area contributed by atoms with Crippen LogP contribution in [0.25, 0.3) is 10.5 Å². The molecule has 6 heteroatoms. The van der Waals surface area contributed by atoms with Gasteiger partial charge in [0.05, 0.1) is 12.3 Å². The highest BCUT2D eigenvalue weighted by molar-refractivity contribution is 6.03. The molecule has 0 radical (unpaired) electrons. The van der Waals surface area contributed by atoms with Crippen molar-refractivity contribution in [3.63, 3.8) is 0 Å². The number of aryl methyl sites for hydroxylation is 1. The summed E-state index contributed by atoms with van der Waals surface area (Å²) < 4.78 is 1.41. The number of carbonyl (C=O) groups is 2. The molecule has 2 aromatic rings. The van der Waals surface area contributed by atoms with Gasteiger partial charge in [0.1, 0.15) is 11.5 Å². The van der Waals surface area contributed by atoms with Crippen molar-refractivity contribution in [1.29, 1.82) is 0 Å². The lowest BCUT2D eigenvalue weighted by atomic mass is 10.2. The molecule has 2 rings (SSSR count). The number of hydrogen-bond acceptors (Lipinski definition) is 3. The molecule has 0 saturated heterocycles. The zero-order valence-electron chi connectivity index (χ0n) is 12.0. The Kier molecular flexibility index (Phi) is 3.85. The van der Waals surface area contributed by atoms with Crippen LogP contribution in [0.4, 0.5) is 11.5 Å². The van der Waals surface area contributed by atoms with Crippen molar-refractivity contribution in [2.24, 2.45) is 0 Å². The van der Waals surface area contributed by atoms with Gasteiger partial charge in [0.25, 0.3) is 5.69 Å². The highest BCUT2D eigenvalue weighted by Gasteiger charge is 2.22. The monoisotopic (exact) mass is 282 g/mol. The van der Waals surface area contributed by atoms with Crippen molar-refractivity contribution in [1.82, 2.24) is 9.78 Å². The largest absolute Gasteiger partial charge is 0.320 e. The van der Waals surface area contributed by atoms with Crippen LogP contribution in [-0.2, 0) is 4.79 Å². The summed E-state index contributed by atoms with van der Waals surface area (Å²) >= 11 is 0. The molecule has 0 aliphatic carbocycles. The molecule has 21 heavy (non-hydrogen) atoms. The van der Waals surface area contributed by atoms with Crippen LogP contribution in [0.1, 0.15) is 29.9 Å². The van der Waals surface area contributed by atoms with Crippen LogP contribution in [0.5, 0.6) is 0 Å².